The second-order valence-corrected chi connectivity index (χ2v) is 7.19. The molecule has 0 N–H and O–H groups in total. The van der Waals surface area contributed by atoms with E-state index in [1.54, 1.807) is 13.2 Å². The van der Waals surface area contributed by atoms with Crippen LogP contribution >= 0.6 is 0 Å². The van der Waals surface area contributed by atoms with E-state index in [9.17, 15) is 9.18 Å². The third kappa shape index (κ3) is 3.29. The van der Waals surface area contributed by atoms with Crippen LogP contribution in [0.1, 0.15) is 47.8 Å². The van der Waals surface area contributed by atoms with E-state index in [1.165, 1.54) is 19.2 Å². The number of benzene rings is 1. The standard InChI is InChI=1S/C19H23FN4O3/c1-26-11-13-10-23(22-21-13)16-8-14-4-5-15(9-16)24(14)19(25)12-3-6-18(27-2)17(20)7-12/h3,6-7,10,14-16H,4-5,8-9,11H2,1-2H3. The maximum atomic E-state index is 14.0. The summed E-state index contributed by atoms with van der Waals surface area (Å²) in [5.41, 5.74) is 1.17. The zero-order valence-electron chi connectivity index (χ0n) is 15.5. The van der Waals surface area contributed by atoms with Gasteiger partial charge in [-0.3, -0.25) is 4.79 Å². The summed E-state index contributed by atoms with van der Waals surface area (Å²) in [4.78, 5) is 14.9. The normalized spacial score (nSPS) is 24.3. The van der Waals surface area contributed by atoms with Crippen LogP contribution in [0.3, 0.4) is 0 Å². The van der Waals surface area contributed by atoms with Gasteiger partial charge >= 0.3 is 0 Å². The molecule has 27 heavy (non-hydrogen) atoms. The molecule has 1 amide bonds. The van der Waals surface area contributed by atoms with Crippen molar-refractivity contribution in [3.63, 3.8) is 0 Å². The monoisotopic (exact) mass is 374 g/mol. The Morgan fingerprint density at radius 2 is 1.96 bits per heavy atom. The molecule has 2 aromatic rings. The van der Waals surface area contributed by atoms with Crippen LogP contribution in [0.5, 0.6) is 5.75 Å². The van der Waals surface area contributed by atoms with Crippen molar-refractivity contribution in [3.8, 4) is 5.75 Å². The Labute approximate surface area is 157 Å². The van der Waals surface area contributed by atoms with E-state index >= 15 is 0 Å². The fourth-order valence-electron chi connectivity index (χ4n) is 4.35. The molecule has 1 aromatic carbocycles. The molecule has 4 rings (SSSR count). The lowest BCUT2D eigenvalue weighted by molar-refractivity contribution is 0.0522. The van der Waals surface area contributed by atoms with Crippen molar-refractivity contribution < 1.29 is 18.7 Å². The number of carbonyl (C=O) groups is 1. The summed E-state index contributed by atoms with van der Waals surface area (Å²) < 4.78 is 25.9. The average Bonchev–Trinajstić information content (AvgIpc) is 3.23. The molecule has 2 aliphatic heterocycles. The first kappa shape index (κ1) is 17.9. The van der Waals surface area contributed by atoms with Crippen LogP contribution < -0.4 is 4.74 Å². The predicted octanol–water partition coefficient (Wildman–Crippen LogP) is 2.58. The van der Waals surface area contributed by atoms with Crippen LogP contribution in [0, 0.1) is 5.82 Å². The number of carbonyl (C=O) groups excluding carboxylic acids is 1. The van der Waals surface area contributed by atoms with Crippen molar-refractivity contribution in [1.29, 1.82) is 0 Å². The number of aromatic nitrogens is 3. The van der Waals surface area contributed by atoms with Gasteiger partial charge in [-0.25, -0.2) is 9.07 Å². The molecule has 3 heterocycles. The second-order valence-electron chi connectivity index (χ2n) is 7.19. The number of methoxy groups -OCH3 is 2. The summed E-state index contributed by atoms with van der Waals surface area (Å²) in [6.07, 6.45) is 5.51. The van der Waals surface area contributed by atoms with Gasteiger partial charge in [0.15, 0.2) is 11.6 Å². The van der Waals surface area contributed by atoms with Gasteiger partial charge < -0.3 is 14.4 Å². The molecule has 2 aliphatic rings. The third-order valence-corrected chi connectivity index (χ3v) is 5.57. The number of nitrogens with zero attached hydrogens (tertiary/aromatic N) is 4. The lowest BCUT2D eigenvalue weighted by Gasteiger charge is -2.39. The molecule has 2 atom stereocenters. The van der Waals surface area contributed by atoms with Gasteiger partial charge in [0.2, 0.25) is 0 Å². The number of fused-ring (bicyclic) bond motifs is 2. The molecule has 2 saturated heterocycles. The number of ether oxygens (including phenoxy) is 2. The van der Waals surface area contributed by atoms with Gasteiger partial charge in [-0.2, -0.15) is 0 Å². The molecule has 0 spiro atoms. The number of piperidine rings is 1. The number of amides is 1. The summed E-state index contributed by atoms with van der Waals surface area (Å²) in [6.45, 7) is 0.438. The van der Waals surface area contributed by atoms with E-state index < -0.39 is 5.82 Å². The Morgan fingerprint density at radius 1 is 1.22 bits per heavy atom. The molecule has 0 radical (unpaired) electrons. The summed E-state index contributed by atoms with van der Waals surface area (Å²) in [7, 11) is 3.04. The summed E-state index contributed by atoms with van der Waals surface area (Å²) in [5.74, 6) is -0.480. The van der Waals surface area contributed by atoms with Gasteiger partial charge in [-0.15, -0.1) is 5.10 Å². The van der Waals surface area contributed by atoms with Gasteiger partial charge in [0.25, 0.3) is 5.91 Å². The van der Waals surface area contributed by atoms with Crippen LogP contribution in [0.15, 0.2) is 24.4 Å². The molecular weight excluding hydrogens is 351 g/mol. The number of hydrogen-bond donors (Lipinski definition) is 0. The SMILES string of the molecule is COCc1cn(C2CC3CCC(C2)N3C(=O)c2ccc(OC)c(F)c2)nn1. The first-order chi connectivity index (χ1) is 13.1. The fourth-order valence-corrected chi connectivity index (χ4v) is 4.35. The highest BCUT2D eigenvalue weighted by Gasteiger charge is 2.44. The molecule has 2 bridgehead atoms. The molecule has 2 unspecified atom stereocenters. The average molecular weight is 374 g/mol. The molecule has 1 aromatic heterocycles. The van der Waals surface area contributed by atoms with Crippen LogP contribution in [0.4, 0.5) is 4.39 Å². The minimum atomic E-state index is -0.515. The van der Waals surface area contributed by atoms with Crippen molar-refractivity contribution in [2.45, 2.75) is 50.4 Å². The summed E-state index contributed by atoms with van der Waals surface area (Å²) in [5, 5.41) is 8.37. The summed E-state index contributed by atoms with van der Waals surface area (Å²) >= 11 is 0. The van der Waals surface area contributed by atoms with Gasteiger partial charge in [0.05, 0.1) is 26.0 Å². The van der Waals surface area contributed by atoms with Crippen LogP contribution in [-0.4, -0.2) is 52.1 Å². The molecule has 144 valence electrons. The molecule has 0 saturated carbocycles. The molecule has 8 heteroatoms. The minimum Gasteiger partial charge on any atom is -0.494 e. The van der Waals surface area contributed by atoms with Crippen molar-refractivity contribution in [3.05, 3.63) is 41.5 Å². The van der Waals surface area contributed by atoms with Crippen LogP contribution in [0.25, 0.3) is 0 Å². The van der Waals surface area contributed by atoms with Gasteiger partial charge in [-0.1, -0.05) is 5.21 Å². The zero-order valence-corrected chi connectivity index (χ0v) is 15.5. The maximum absolute atomic E-state index is 14.0. The quantitative estimate of drug-likeness (QED) is 0.805. The highest BCUT2D eigenvalue weighted by atomic mass is 19.1. The Bertz CT molecular complexity index is 826. The smallest absolute Gasteiger partial charge is 0.254 e. The topological polar surface area (TPSA) is 69.5 Å². The molecule has 0 aliphatic carbocycles. The second kappa shape index (κ2) is 7.26. The highest BCUT2D eigenvalue weighted by Crippen LogP contribution is 2.41. The van der Waals surface area contributed by atoms with Crippen LogP contribution in [0.2, 0.25) is 0 Å². The van der Waals surface area contributed by atoms with E-state index in [0.29, 0.717) is 12.2 Å². The van der Waals surface area contributed by atoms with Crippen molar-refractivity contribution in [2.24, 2.45) is 0 Å². The van der Waals surface area contributed by atoms with E-state index in [2.05, 4.69) is 10.3 Å². The van der Waals surface area contributed by atoms with E-state index in [1.807, 2.05) is 15.8 Å². The molecule has 2 fully saturated rings. The highest BCUT2D eigenvalue weighted by molar-refractivity contribution is 5.95. The van der Waals surface area contributed by atoms with Crippen molar-refractivity contribution in [1.82, 2.24) is 19.9 Å². The third-order valence-electron chi connectivity index (χ3n) is 5.57. The molecule has 7 nitrogen and oxygen atoms in total. The van der Waals surface area contributed by atoms with Crippen molar-refractivity contribution in [2.75, 3.05) is 14.2 Å². The van der Waals surface area contributed by atoms with Gasteiger partial charge in [-0.05, 0) is 43.9 Å². The first-order valence-electron chi connectivity index (χ1n) is 9.16. The van der Waals surface area contributed by atoms with Gasteiger partial charge in [0, 0.05) is 24.8 Å². The largest absolute Gasteiger partial charge is 0.494 e. The minimum absolute atomic E-state index is 0.110. The Morgan fingerprint density at radius 3 is 2.59 bits per heavy atom. The Hall–Kier alpha value is -2.48. The lowest BCUT2D eigenvalue weighted by atomic mass is 9.96. The van der Waals surface area contributed by atoms with E-state index in [0.717, 1.165) is 31.4 Å². The van der Waals surface area contributed by atoms with Crippen LogP contribution in [-0.2, 0) is 11.3 Å². The first-order valence-corrected chi connectivity index (χ1v) is 9.16. The summed E-state index contributed by atoms with van der Waals surface area (Å²) in [6, 6.07) is 4.90. The fraction of sp³-hybridized carbons (Fsp3) is 0.526. The molecular formula is C19H23FN4O3. The lowest BCUT2D eigenvalue weighted by Crippen LogP contribution is -2.47. The van der Waals surface area contributed by atoms with E-state index in [4.69, 9.17) is 9.47 Å². The van der Waals surface area contributed by atoms with Gasteiger partial charge in [0.1, 0.15) is 5.69 Å². The maximum Gasteiger partial charge on any atom is 0.254 e. The number of hydrogen-bond acceptors (Lipinski definition) is 5. The number of rotatable bonds is 5. The number of halogens is 1. The van der Waals surface area contributed by atoms with E-state index in [-0.39, 0.29) is 29.8 Å². The zero-order chi connectivity index (χ0) is 19.0. The Kier molecular flexibility index (Phi) is 4.82. The Balaban J connectivity index is 1.50. The van der Waals surface area contributed by atoms with Crippen molar-refractivity contribution >= 4 is 5.91 Å². The predicted molar refractivity (Wildman–Crippen MR) is 94.9 cm³/mol.